The summed E-state index contributed by atoms with van der Waals surface area (Å²) in [7, 11) is 0. The first-order chi connectivity index (χ1) is 15.1. The second-order valence-electron chi connectivity index (χ2n) is 7.22. The van der Waals surface area contributed by atoms with Gasteiger partial charge in [-0.3, -0.25) is 24.0 Å². The standard InChI is InChI=1S/C17H23N7O8/c18-7(16(29)30)1-6-12(27)19-8(2-4-10(25)13-21-22-13)15(28)20-9(17(31)32)3-5-11(26)14-23-24-14/h7-9,13-14H,1-6,18H2,(H,19,27)(H,20,28)(H,29,30)(H,31,32)/t7-,8-,9-/m0/s1. The predicted octanol–water partition coefficient (Wildman–Crippen LogP) is -1.48. The van der Waals surface area contributed by atoms with E-state index in [1.165, 1.54) is 0 Å². The Hall–Kier alpha value is -3.62. The molecule has 0 unspecified atom stereocenters. The topological polar surface area (TPSA) is 242 Å². The monoisotopic (exact) mass is 453 g/mol. The number of hydrogen-bond acceptors (Lipinski definition) is 11. The summed E-state index contributed by atoms with van der Waals surface area (Å²) in [5.74, 6) is -5.01. The molecule has 0 bridgehead atoms. The number of nitrogens with one attached hydrogen (secondary N) is 2. The average molecular weight is 453 g/mol. The largest absolute Gasteiger partial charge is 0.480 e. The van der Waals surface area contributed by atoms with Crippen molar-refractivity contribution >= 4 is 35.3 Å². The van der Waals surface area contributed by atoms with E-state index in [1.807, 2.05) is 0 Å². The Bertz CT molecular complexity index is 846. The van der Waals surface area contributed by atoms with Gasteiger partial charge in [-0.1, -0.05) is 0 Å². The number of amides is 2. The minimum absolute atomic E-state index is 0.159. The van der Waals surface area contributed by atoms with Crippen LogP contribution in [0.5, 0.6) is 0 Å². The average Bonchev–Trinajstić information content (AvgIpc) is 3.63. The minimum Gasteiger partial charge on any atom is -0.480 e. The number of carbonyl (C=O) groups excluding carboxylic acids is 4. The van der Waals surface area contributed by atoms with Crippen LogP contribution in [0.3, 0.4) is 0 Å². The molecule has 15 nitrogen and oxygen atoms in total. The van der Waals surface area contributed by atoms with Crippen LogP contribution < -0.4 is 16.4 Å². The summed E-state index contributed by atoms with van der Waals surface area (Å²) >= 11 is 0. The second-order valence-corrected chi connectivity index (χ2v) is 7.22. The number of rotatable bonds is 16. The summed E-state index contributed by atoms with van der Waals surface area (Å²) in [5, 5.41) is 36.6. The summed E-state index contributed by atoms with van der Waals surface area (Å²) in [6.07, 6.45) is -2.78. The van der Waals surface area contributed by atoms with Crippen molar-refractivity contribution in [2.45, 2.75) is 69.0 Å². The van der Waals surface area contributed by atoms with Crippen molar-refractivity contribution in [2.75, 3.05) is 0 Å². The maximum Gasteiger partial charge on any atom is 0.326 e. The molecule has 0 saturated carbocycles. The molecule has 0 aromatic carbocycles. The fourth-order valence-electron chi connectivity index (χ4n) is 2.63. The molecule has 2 aliphatic heterocycles. The Morgan fingerprint density at radius 1 is 0.719 bits per heavy atom. The van der Waals surface area contributed by atoms with Crippen molar-refractivity contribution in [1.29, 1.82) is 0 Å². The molecular formula is C17H23N7O8. The van der Waals surface area contributed by atoms with Gasteiger partial charge in [0, 0.05) is 19.3 Å². The Balaban J connectivity index is 1.94. The highest BCUT2D eigenvalue weighted by Gasteiger charge is 2.32. The molecule has 2 aliphatic rings. The molecule has 0 aliphatic carbocycles. The van der Waals surface area contributed by atoms with Gasteiger partial charge in [-0.2, -0.15) is 20.5 Å². The predicted molar refractivity (Wildman–Crippen MR) is 102 cm³/mol. The molecule has 0 aromatic rings. The SMILES string of the molecule is N[C@@H](CCC(=O)N[C@@H](CCC(=O)C1N=N1)C(=O)N[C@@H](CCC(=O)C1N=N1)C(=O)O)C(=O)O. The third-order valence-corrected chi connectivity index (χ3v) is 4.66. The van der Waals surface area contributed by atoms with Crippen molar-refractivity contribution in [3.8, 4) is 0 Å². The highest BCUT2D eigenvalue weighted by molar-refractivity contribution is 5.92. The number of ketones is 2. The first-order valence-corrected chi connectivity index (χ1v) is 9.74. The van der Waals surface area contributed by atoms with Crippen LogP contribution in [0.25, 0.3) is 0 Å². The van der Waals surface area contributed by atoms with E-state index in [0.717, 1.165) is 0 Å². The number of aliphatic carboxylic acids is 2. The van der Waals surface area contributed by atoms with Crippen LogP contribution in [0, 0.1) is 0 Å². The molecule has 0 radical (unpaired) electrons. The van der Waals surface area contributed by atoms with Crippen LogP contribution in [-0.4, -0.2) is 76.0 Å². The molecule has 3 atom stereocenters. The lowest BCUT2D eigenvalue weighted by Crippen LogP contribution is -2.52. The zero-order valence-electron chi connectivity index (χ0n) is 16.8. The first kappa shape index (κ1) is 24.6. The lowest BCUT2D eigenvalue weighted by atomic mass is 10.0. The lowest BCUT2D eigenvalue weighted by Gasteiger charge is -2.21. The molecule has 32 heavy (non-hydrogen) atoms. The van der Waals surface area contributed by atoms with Gasteiger partial charge in [0.05, 0.1) is 0 Å². The first-order valence-electron chi connectivity index (χ1n) is 9.74. The van der Waals surface area contributed by atoms with Crippen LogP contribution in [0.2, 0.25) is 0 Å². The van der Waals surface area contributed by atoms with Gasteiger partial charge in [-0.25, -0.2) is 4.79 Å². The minimum atomic E-state index is -1.42. The van der Waals surface area contributed by atoms with E-state index in [0.29, 0.717) is 0 Å². The van der Waals surface area contributed by atoms with Gasteiger partial charge in [0.25, 0.3) is 0 Å². The molecule has 0 aromatic heterocycles. The van der Waals surface area contributed by atoms with E-state index in [1.54, 1.807) is 0 Å². The molecule has 6 N–H and O–H groups in total. The zero-order chi connectivity index (χ0) is 23.8. The van der Waals surface area contributed by atoms with E-state index in [4.69, 9.17) is 10.8 Å². The number of hydrogen-bond donors (Lipinski definition) is 5. The van der Waals surface area contributed by atoms with E-state index < -0.39 is 54.2 Å². The number of nitrogens with two attached hydrogens (primary N) is 1. The van der Waals surface area contributed by atoms with Crippen molar-refractivity contribution in [3.63, 3.8) is 0 Å². The second kappa shape index (κ2) is 11.1. The number of carboxylic acids is 2. The Morgan fingerprint density at radius 2 is 1.22 bits per heavy atom. The third-order valence-electron chi connectivity index (χ3n) is 4.66. The normalized spacial score (nSPS) is 17.2. The molecule has 15 heteroatoms. The Kier molecular flexibility index (Phi) is 8.57. The Morgan fingerprint density at radius 3 is 1.66 bits per heavy atom. The molecule has 174 valence electrons. The van der Waals surface area contributed by atoms with Crippen molar-refractivity contribution in [2.24, 2.45) is 26.2 Å². The molecule has 0 saturated heterocycles. The highest BCUT2D eigenvalue weighted by atomic mass is 16.4. The van der Waals surface area contributed by atoms with Crippen molar-refractivity contribution in [1.82, 2.24) is 10.6 Å². The number of carbonyl (C=O) groups is 6. The van der Waals surface area contributed by atoms with Gasteiger partial charge < -0.3 is 26.6 Å². The van der Waals surface area contributed by atoms with Crippen molar-refractivity contribution < 1.29 is 39.0 Å². The summed E-state index contributed by atoms with van der Waals surface area (Å²) in [5.41, 5.74) is 5.35. The zero-order valence-corrected chi connectivity index (χ0v) is 16.8. The summed E-state index contributed by atoms with van der Waals surface area (Å²) in [6, 6.07) is -3.97. The quantitative estimate of drug-likeness (QED) is 0.182. The molecule has 0 spiro atoms. The summed E-state index contributed by atoms with van der Waals surface area (Å²) < 4.78 is 0. The maximum absolute atomic E-state index is 12.6. The summed E-state index contributed by atoms with van der Waals surface area (Å²) in [6.45, 7) is 0. The third kappa shape index (κ3) is 8.25. The fourth-order valence-corrected chi connectivity index (χ4v) is 2.63. The molecule has 2 rings (SSSR count). The van der Waals surface area contributed by atoms with Gasteiger partial charge in [-0.15, -0.1) is 0 Å². The van der Waals surface area contributed by atoms with E-state index >= 15 is 0 Å². The van der Waals surface area contributed by atoms with Crippen molar-refractivity contribution in [3.05, 3.63) is 0 Å². The van der Waals surface area contributed by atoms with Crippen LogP contribution in [0.4, 0.5) is 0 Å². The Labute approximate surface area is 180 Å². The van der Waals surface area contributed by atoms with Crippen LogP contribution in [0.1, 0.15) is 38.5 Å². The van der Waals surface area contributed by atoms with Gasteiger partial charge in [0.15, 0.2) is 11.6 Å². The number of nitrogens with zero attached hydrogens (tertiary/aromatic N) is 4. The summed E-state index contributed by atoms with van der Waals surface area (Å²) in [4.78, 5) is 70.5. The number of Topliss-reactive ketones (excluding diaryl/α,β-unsaturated/α-hetero) is 2. The van der Waals surface area contributed by atoms with Crippen LogP contribution in [-0.2, 0) is 28.8 Å². The lowest BCUT2D eigenvalue weighted by molar-refractivity contribution is -0.142. The molecule has 2 heterocycles. The van der Waals surface area contributed by atoms with Crippen LogP contribution >= 0.6 is 0 Å². The van der Waals surface area contributed by atoms with Gasteiger partial charge >= 0.3 is 11.9 Å². The number of carboxylic acid groups (broad SMARTS) is 2. The van der Waals surface area contributed by atoms with Gasteiger partial charge in [0.1, 0.15) is 18.1 Å². The molecule has 0 fully saturated rings. The highest BCUT2D eigenvalue weighted by Crippen LogP contribution is 2.16. The van der Waals surface area contributed by atoms with E-state index in [9.17, 15) is 33.9 Å². The van der Waals surface area contributed by atoms with Gasteiger partial charge in [-0.05, 0) is 19.3 Å². The fraction of sp³-hybridized carbons (Fsp3) is 0.647. The molecule has 2 amide bonds. The molecular weight excluding hydrogens is 430 g/mol. The van der Waals surface area contributed by atoms with Crippen LogP contribution in [0.15, 0.2) is 20.5 Å². The smallest absolute Gasteiger partial charge is 0.326 e. The van der Waals surface area contributed by atoms with E-state index in [2.05, 4.69) is 31.1 Å². The van der Waals surface area contributed by atoms with Gasteiger partial charge in [0.2, 0.25) is 24.1 Å². The maximum atomic E-state index is 12.6. The van der Waals surface area contributed by atoms with E-state index in [-0.39, 0.29) is 50.1 Å².